The molecule has 0 heterocycles. The summed E-state index contributed by atoms with van der Waals surface area (Å²) in [4.78, 5) is -0.251. The van der Waals surface area contributed by atoms with Crippen LogP contribution >= 0.6 is 59.4 Å². The lowest BCUT2D eigenvalue weighted by Crippen LogP contribution is -1.98. The molecule has 0 saturated carbocycles. The molecule has 5 heteroatoms. The second-order valence-electron chi connectivity index (χ2n) is 3.67. The Bertz CT molecular complexity index is 586. The zero-order chi connectivity index (χ0) is 13.3. The number of hydrogen-bond acceptors (Lipinski definition) is 0. The Morgan fingerprint density at radius 1 is 1.00 bits per heavy atom. The minimum Gasteiger partial charge on any atom is -0.207 e. The molecule has 1 atom stereocenters. The predicted octanol–water partition coefficient (Wildman–Crippen LogP) is 6.49. The first-order valence-corrected chi connectivity index (χ1v) is 7.91. The van der Waals surface area contributed by atoms with Gasteiger partial charge in [0.05, 0.1) is 9.85 Å². The first-order chi connectivity index (χ1) is 8.50. The van der Waals surface area contributed by atoms with Crippen LogP contribution in [0.5, 0.6) is 0 Å². The van der Waals surface area contributed by atoms with Gasteiger partial charge in [-0.3, -0.25) is 0 Å². The van der Waals surface area contributed by atoms with Gasteiger partial charge in [-0.2, -0.15) is 0 Å². The van der Waals surface area contributed by atoms with E-state index in [-0.39, 0.29) is 10.6 Å². The Morgan fingerprint density at radius 2 is 1.67 bits per heavy atom. The Morgan fingerprint density at radius 3 is 2.33 bits per heavy atom. The van der Waals surface area contributed by atoms with E-state index in [1.165, 1.54) is 6.07 Å². The van der Waals surface area contributed by atoms with E-state index < -0.39 is 0 Å². The molecular weight excluding hydrogens is 450 g/mol. The van der Waals surface area contributed by atoms with E-state index in [2.05, 4.69) is 47.8 Å². The number of rotatable bonds is 2. The maximum absolute atomic E-state index is 14.0. The molecule has 0 saturated heterocycles. The number of alkyl halides is 1. The molecule has 0 bridgehead atoms. The van der Waals surface area contributed by atoms with Crippen LogP contribution in [0.1, 0.15) is 16.0 Å². The lowest BCUT2D eigenvalue weighted by atomic mass is 10.0. The van der Waals surface area contributed by atoms with Crippen molar-refractivity contribution in [2.45, 2.75) is 4.83 Å². The summed E-state index contributed by atoms with van der Waals surface area (Å²) in [6, 6.07) is 10.7. The van der Waals surface area contributed by atoms with Crippen LogP contribution < -0.4 is 0 Å². The molecule has 0 spiro atoms. The third-order valence-corrected chi connectivity index (χ3v) is 5.40. The van der Waals surface area contributed by atoms with Gasteiger partial charge < -0.3 is 0 Å². The average molecular weight is 457 g/mol. The van der Waals surface area contributed by atoms with E-state index >= 15 is 0 Å². The molecular formula is C13H7Br3ClF. The molecule has 0 aliphatic heterocycles. The number of halogens is 5. The topological polar surface area (TPSA) is 0 Å². The average Bonchev–Trinajstić information content (AvgIpc) is 2.33. The van der Waals surface area contributed by atoms with Crippen molar-refractivity contribution in [1.82, 2.24) is 0 Å². The summed E-state index contributed by atoms with van der Waals surface area (Å²) in [5.41, 5.74) is 1.46. The molecule has 0 aromatic heterocycles. The Balaban J connectivity index is 2.50. The highest BCUT2D eigenvalue weighted by molar-refractivity contribution is 9.11. The Hall–Kier alpha value is 0.1000. The van der Waals surface area contributed by atoms with E-state index in [1.54, 1.807) is 6.07 Å². The minimum absolute atomic E-state index is 0.251. The molecule has 0 fully saturated rings. The fourth-order valence-electron chi connectivity index (χ4n) is 1.58. The van der Waals surface area contributed by atoms with Gasteiger partial charge in [-0.05, 0) is 39.7 Å². The molecule has 2 aromatic carbocycles. The molecule has 0 radical (unpaired) electrons. The number of hydrogen-bond donors (Lipinski definition) is 0. The van der Waals surface area contributed by atoms with E-state index in [0.717, 1.165) is 10.0 Å². The molecule has 18 heavy (non-hydrogen) atoms. The standard InChI is InChI=1S/C13H7Br3ClF/c14-9-4-2-1-3-7(9)13(16)8-5-11(17)10(15)6-12(8)18/h1-6,13H. The summed E-state index contributed by atoms with van der Waals surface area (Å²) < 4.78 is 15.4. The molecule has 0 N–H and O–H groups in total. The van der Waals surface area contributed by atoms with Crippen LogP contribution in [0.4, 0.5) is 4.39 Å². The zero-order valence-corrected chi connectivity index (χ0v) is 14.4. The lowest BCUT2D eigenvalue weighted by Gasteiger charge is -2.14. The summed E-state index contributed by atoms with van der Waals surface area (Å²) in [5.74, 6) is -0.302. The summed E-state index contributed by atoms with van der Waals surface area (Å²) in [6.07, 6.45) is 0. The van der Waals surface area contributed by atoms with Crippen LogP contribution in [0, 0.1) is 5.82 Å². The Kier molecular flexibility index (Phi) is 4.86. The molecule has 0 nitrogen and oxygen atoms in total. The summed E-state index contributed by atoms with van der Waals surface area (Å²) in [5, 5.41) is 0.489. The van der Waals surface area contributed by atoms with Gasteiger partial charge in [0.1, 0.15) is 5.82 Å². The predicted molar refractivity (Wildman–Crippen MR) is 84.0 cm³/mol. The highest BCUT2D eigenvalue weighted by atomic mass is 79.9. The van der Waals surface area contributed by atoms with Crippen LogP contribution in [-0.2, 0) is 0 Å². The maximum atomic E-state index is 14.0. The molecule has 1 unspecified atom stereocenters. The van der Waals surface area contributed by atoms with E-state index in [9.17, 15) is 4.39 Å². The van der Waals surface area contributed by atoms with Gasteiger partial charge >= 0.3 is 0 Å². The van der Waals surface area contributed by atoms with Crippen LogP contribution in [-0.4, -0.2) is 0 Å². The van der Waals surface area contributed by atoms with Crippen molar-refractivity contribution < 1.29 is 4.39 Å². The molecule has 0 aliphatic carbocycles. The van der Waals surface area contributed by atoms with Crippen molar-refractivity contribution in [2.75, 3.05) is 0 Å². The summed E-state index contributed by atoms with van der Waals surface area (Å²) >= 11 is 16.2. The SMILES string of the molecule is Fc1cc(Br)c(Cl)cc1C(Br)c1ccccc1Br. The van der Waals surface area contributed by atoms with Gasteiger partial charge in [-0.25, -0.2) is 4.39 Å². The van der Waals surface area contributed by atoms with Crippen LogP contribution in [0.2, 0.25) is 5.02 Å². The lowest BCUT2D eigenvalue weighted by molar-refractivity contribution is 0.612. The van der Waals surface area contributed by atoms with Crippen molar-refractivity contribution in [3.63, 3.8) is 0 Å². The second kappa shape index (κ2) is 6.04. The van der Waals surface area contributed by atoms with Crippen molar-refractivity contribution >= 4 is 59.4 Å². The number of benzene rings is 2. The van der Waals surface area contributed by atoms with Crippen LogP contribution in [0.3, 0.4) is 0 Å². The zero-order valence-electron chi connectivity index (χ0n) is 8.93. The largest absolute Gasteiger partial charge is 0.207 e. The molecule has 2 aromatic rings. The second-order valence-corrected chi connectivity index (χ2v) is 6.70. The van der Waals surface area contributed by atoms with Gasteiger partial charge in [0.25, 0.3) is 0 Å². The first-order valence-electron chi connectivity index (χ1n) is 5.03. The molecule has 0 aliphatic rings. The van der Waals surface area contributed by atoms with Crippen LogP contribution in [0.15, 0.2) is 45.3 Å². The van der Waals surface area contributed by atoms with Gasteiger partial charge in [0.2, 0.25) is 0 Å². The molecule has 2 rings (SSSR count). The van der Waals surface area contributed by atoms with Crippen molar-refractivity contribution in [3.8, 4) is 0 Å². The monoisotopic (exact) mass is 454 g/mol. The van der Waals surface area contributed by atoms with Gasteiger partial charge in [0.15, 0.2) is 0 Å². The summed E-state index contributed by atoms with van der Waals surface area (Å²) in [7, 11) is 0. The van der Waals surface area contributed by atoms with E-state index in [1.807, 2.05) is 24.3 Å². The third kappa shape index (κ3) is 2.98. The van der Waals surface area contributed by atoms with Crippen molar-refractivity contribution in [3.05, 3.63) is 67.3 Å². The van der Waals surface area contributed by atoms with E-state index in [4.69, 9.17) is 11.6 Å². The van der Waals surface area contributed by atoms with Crippen molar-refractivity contribution in [1.29, 1.82) is 0 Å². The third-order valence-electron chi connectivity index (χ3n) is 2.49. The highest BCUT2D eigenvalue weighted by Crippen LogP contribution is 2.38. The maximum Gasteiger partial charge on any atom is 0.129 e. The fraction of sp³-hybridized carbons (Fsp3) is 0.0769. The van der Waals surface area contributed by atoms with Crippen molar-refractivity contribution in [2.24, 2.45) is 0 Å². The van der Waals surface area contributed by atoms with Gasteiger partial charge in [-0.1, -0.05) is 61.7 Å². The van der Waals surface area contributed by atoms with E-state index in [0.29, 0.717) is 15.1 Å². The van der Waals surface area contributed by atoms with Crippen LogP contribution in [0.25, 0.3) is 0 Å². The van der Waals surface area contributed by atoms with Gasteiger partial charge in [-0.15, -0.1) is 0 Å². The minimum atomic E-state index is -0.302. The molecule has 94 valence electrons. The normalized spacial score (nSPS) is 12.5. The first kappa shape index (κ1) is 14.5. The quantitative estimate of drug-likeness (QED) is 0.357. The Labute approximate surface area is 135 Å². The smallest absolute Gasteiger partial charge is 0.129 e. The summed E-state index contributed by atoms with van der Waals surface area (Å²) in [6.45, 7) is 0. The van der Waals surface area contributed by atoms with Gasteiger partial charge in [0, 0.05) is 14.5 Å². The highest BCUT2D eigenvalue weighted by Gasteiger charge is 2.18. The molecule has 0 amide bonds. The fourth-order valence-corrected chi connectivity index (χ4v) is 3.64.